The summed E-state index contributed by atoms with van der Waals surface area (Å²) in [5.41, 5.74) is 2.52. The van der Waals surface area contributed by atoms with Crippen LogP contribution in [0.25, 0.3) is 0 Å². The first-order valence-electron chi connectivity index (χ1n) is 5.79. The molecule has 1 aliphatic heterocycles. The summed E-state index contributed by atoms with van der Waals surface area (Å²) in [7, 11) is 0. The summed E-state index contributed by atoms with van der Waals surface area (Å²) in [6.07, 6.45) is 0.639. The lowest BCUT2D eigenvalue weighted by Crippen LogP contribution is -2.20. The molecule has 1 amide bonds. The number of fused-ring (bicyclic) bond motifs is 1. The quantitative estimate of drug-likeness (QED) is 0.852. The van der Waals surface area contributed by atoms with Crippen LogP contribution in [-0.2, 0) is 11.2 Å². The van der Waals surface area contributed by atoms with E-state index in [2.05, 4.69) is 5.32 Å². The maximum Gasteiger partial charge on any atom is 0.224 e. The monoisotopic (exact) mass is 253 g/mol. The number of hydrogen-bond acceptors (Lipinski definition) is 2. The molecule has 0 bridgehead atoms. The van der Waals surface area contributed by atoms with Gasteiger partial charge in [-0.3, -0.25) is 4.79 Å². The van der Waals surface area contributed by atoms with Gasteiger partial charge in [-0.15, -0.1) is 0 Å². The van der Waals surface area contributed by atoms with Gasteiger partial charge >= 0.3 is 0 Å². The van der Waals surface area contributed by atoms with Crippen molar-refractivity contribution in [1.82, 2.24) is 0 Å². The number of aliphatic hydroxyl groups excluding tert-OH is 1. The molecule has 1 atom stereocenters. The molecule has 1 aliphatic rings. The number of benzene rings is 1. The second-order valence-electron chi connectivity index (χ2n) is 4.77. The van der Waals surface area contributed by atoms with E-state index in [1.807, 2.05) is 19.9 Å². The van der Waals surface area contributed by atoms with E-state index in [1.54, 1.807) is 6.07 Å². The fourth-order valence-electron chi connectivity index (χ4n) is 2.03. The Balaban J connectivity index is 2.41. The Kier molecular flexibility index (Phi) is 3.40. The molecule has 0 saturated heterocycles. The normalized spacial score (nSPS) is 16.6. The highest BCUT2D eigenvalue weighted by Crippen LogP contribution is 2.35. The average Bonchev–Trinajstić information content (AvgIpc) is 2.28. The van der Waals surface area contributed by atoms with Crippen LogP contribution in [0.1, 0.15) is 37.5 Å². The Bertz CT molecular complexity index is 457. The van der Waals surface area contributed by atoms with E-state index in [4.69, 9.17) is 11.6 Å². The van der Waals surface area contributed by atoms with Crippen molar-refractivity contribution in [2.75, 3.05) is 5.32 Å². The van der Waals surface area contributed by atoms with Crippen LogP contribution in [0.4, 0.5) is 5.69 Å². The summed E-state index contributed by atoms with van der Waals surface area (Å²) in [4.78, 5) is 11.3. The molecule has 1 aromatic rings. The van der Waals surface area contributed by atoms with Gasteiger partial charge in [0.25, 0.3) is 0 Å². The van der Waals surface area contributed by atoms with Gasteiger partial charge in [-0.05, 0) is 29.5 Å². The largest absolute Gasteiger partial charge is 0.388 e. The van der Waals surface area contributed by atoms with Crippen LogP contribution in [0.5, 0.6) is 0 Å². The fourth-order valence-corrected chi connectivity index (χ4v) is 2.32. The number of rotatable bonds is 2. The number of carbonyl (C=O) groups is 1. The number of hydrogen-bond donors (Lipinski definition) is 2. The second kappa shape index (κ2) is 4.67. The zero-order valence-corrected chi connectivity index (χ0v) is 10.7. The van der Waals surface area contributed by atoms with Crippen molar-refractivity contribution in [3.05, 3.63) is 28.3 Å². The van der Waals surface area contributed by atoms with Crippen LogP contribution in [0, 0.1) is 5.92 Å². The first kappa shape index (κ1) is 12.4. The standard InChI is InChI=1S/C13H16ClNO2/c1-7(2)13(17)9-5-8-3-4-11(16)15-12(8)10(14)6-9/h5-7,13,17H,3-4H2,1-2H3,(H,15,16). The molecule has 0 radical (unpaired) electrons. The zero-order valence-electron chi connectivity index (χ0n) is 9.96. The van der Waals surface area contributed by atoms with E-state index >= 15 is 0 Å². The molecule has 0 aromatic heterocycles. The lowest BCUT2D eigenvalue weighted by molar-refractivity contribution is -0.116. The molecule has 3 nitrogen and oxygen atoms in total. The molecule has 92 valence electrons. The van der Waals surface area contributed by atoms with E-state index in [-0.39, 0.29) is 11.8 Å². The molecule has 0 saturated carbocycles. The summed E-state index contributed by atoms with van der Waals surface area (Å²) in [5, 5.41) is 13.3. The van der Waals surface area contributed by atoms with Crippen molar-refractivity contribution >= 4 is 23.2 Å². The van der Waals surface area contributed by atoms with Crippen molar-refractivity contribution in [3.63, 3.8) is 0 Å². The molecular formula is C13H16ClNO2. The number of aliphatic hydroxyl groups is 1. The molecule has 0 fully saturated rings. The number of amides is 1. The van der Waals surface area contributed by atoms with Gasteiger partial charge in [0, 0.05) is 6.42 Å². The van der Waals surface area contributed by atoms with Crippen molar-refractivity contribution in [1.29, 1.82) is 0 Å². The van der Waals surface area contributed by atoms with Crippen molar-refractivity contribution in [3.8, 4) is 0 Å². The Morgan fingerprint density at radius 2 is 2.06 bits per heavy atom. The summed E-state index contributed by atoms with van der Waals surface area (Å²) >= 11 is 6.14. The van der Waals surface area contributed by atoms with Crippen LogP contribution < -0.4 is 5.32 Å². The van der Waals surface area contributed by atoms with Gasteiger partial charge in [-0.2, -0.15) is 0 Å². The first-order chi connectivity index (χ1) is 7.99. The number of nitrogens with one attached hydrogen (secondary N) is 1. The minimum atomic E-state index is -0.518. The van der Waals surface area contributed by atoms with E-state index in [1.165, 1.54) is 0 Å². The smallest absolute Gasteiger partial charge is 0.224 e. The highest BCUT2D eigenvalue weighted by molar-refractivity contribution is 6.34. The third-order valence-electron chi connectivity index (χ3n) is 3.05. The lowest BCUT2D eigenvalue weighted by atomic mass is 9.94. The van der Waals surface area contributed by atoms with Crippen molar-refractivity contribution in [2.24, 2.45) is 5.92 Å². The number of aryl methyl sites for hydroxylation is 1. The molecule has 0 aliphatic carbocycles. The Morgan fingerprint density at radius 3 is 2.71 bits per heavy atom. The van der Waals surface area contributed by atoms with Gasteiger partial charge in [0.1, 0.15) is 0 Å². The molecule has 0 spiro atoms. The predicted molar refractivity (Wildman–Crippen MR) is 68.2 cm³/mol. The molecule has 4 heteroatoms. The average molecular weight is 254 g/mol. The predicted octanol–water partition coefficient (Wildman–Crippen LogP) is 2.91. The molecule has 1 unspecified atom stereocenters. The topological polar surface area (TPSA) is 49.3 Å². The van der Waals surface area contributed by atoms with Crippen molar-refractivity contribution in [2.45, 2.75) is 32.8 Å². The van der Waals surface area contributed by atoms with Gasteiger partial charge in [0.05, 0.1) is 16.8 Å². The third-order valence-corrected chi connectivity index (χ3v) is 3.35. The van der Waals surface area contributed by atoms with E-state index in [0.29, 0.717) is 23.6 Å². The van der Waals surface area contributed by atoms with Gasteiger partial charge in [-0.25, -0.2) is 0 Å². The van der Waals surface area contributed by atoms with Gasteiger partial charge in [0.15, 0.2) is 0 Å². The van der Waals surface area contributed by atoms with Crippen molar-refractivity contribution < 1.29 is 9.90 Å². The Morgan fingerprint density at radius 1 is 1.35 bits per heavy atom. The van der Waals surface area contributed by atoms with E-state index < -0.39 is 6.10 Å². The maximum atomic E-state index is 11.3. The second-order valence-corrected chi connectivity index (χ2v) is 5.18. The Labute approximate surface area is 106 Å². The molecule has 17 heavy (non-hydrogen) atoms. The van der Waals surface area contributed by atoms with Crippen LogP contribution in [0.15, 0.2) is 12.1 Å². The molecule has 1 aromatic carbocycles. The molecule has 1 heterocycles. The number of anilines is 1. The van der Waals surface area contributed by atoms with Gasteiger partial charge < -0.3 is 10.4 Å². The Hall–Kier alpha value is -1.06. The van der Waals surface area contributed by atoms with Gasteiger partial charge in [0.2, 0.25) is 5.91 Å². The fraction of sp³-hybridized carbons (Fsp3) is 0.462. The minimum absolute atomic E-state index is 0.00319. The minimum Gasteiger partial charge on any atom is -0.388 e. The maximum absolute atomic E-state index is 11.3. The summed E-state index contributed by atoms with van der Waals surface area (Å²) in [5.74, 6) is 0.138. The van der Waals surface area contributed by atoms with Gasteiger partial charge in [-0.1, -0.05) is 31.5 Å². The molecule has 2 rings (SSSR count). The van der Waals surface area contributed by atoms with Crippen LogP contribution >= 0.6 is 11.6 Å². The van der Waals surface area contributed by atoms with E-state index in [0.717, 1.165) is 11.1 Å². The summed E-state index contributed by atoms with van der Waals surface area (Å²) < 4.78 is 0. The van der Waals surface area contributed by atoms with Crippen LogP contribution in [0.3, 0.4) is 0 Å². The highest BCUT2D eigenvalue weighted by Gasteiger charge is 2.21. The number of carbonyl (C=O) groups excluding carboxylic acids is 1. The third kappa shape index (κ3) is 2.45. The van der Waals surface area contributed by atoms with Crippen LogP contribution in [-0.4, -0.2) is 11.0 Å². The highest BCUT2D eigenvalue weighted by atomic mass is 35.5. The lowest BCUT2D eigenvalue weighted by Gasteiger charge is -2.22. The number of halogens is 1. The zero-order chi connectivity index (χ0) is 12.6. The van der Waals surface area contributed by atoms with E-state index in [9.17, 15) is 9.90 Å². The summed E-state index contributed by atoms with van der Waals surface area (Å²) in [6.45, 7) is 3.92. The molecule has 2 N–H and O–H groups in total. The SMILES string of the molecule is CC(C)C(O)c1cc(Cl)c2c(c1)CCC(=O)N2. The molecular weight excluding hydrogens is 238 g/mol. The summed E-state index contributed by atoms with van der Waals surface area (Å²) in [6, 6.07) is 3.67. The van der Waals surface area contributed by atoms with Crippen LogP contribution in [0.2, 0.25) is 5.02 Å². The first-order valence-corrected chi connectivity index (χ1v) is 6.17.